The fourth-order valence-corrected chi connectivity index (χ4v) is 4.43. The van der Waals surface area contributed by atoms with Crippen LogP contribution in [0.4, 0.5) is 18.9 Å². The Bertz CT molecular complexity index is 1070. The molecule has 2 rings (SSSR count). The molecule has 180 valence electrons. The molecule has 0 aliphatic rings. The predicted octanol–water partition coefficient (Wildman–Crippen LogP) is 3.85. The van der Waals surface area contributed by atoms with E-state index < -0.39 is 40.2 Å². The number of carbonyl (C=O) groups excluding carboxylic acids is 2. The van der Waals surface area contributed by atoms with Crippen LogP contribution in [-0.4, -0.2) is 44.3 Å². The van der Waals surface area contributed by atoms with Crippen molar-refractivity contribution in [2.75, 3.05) is 25.0 Å². The Balaban J connectivity index is 1.83. The topological polar surface area (TPSA) is 92.8 Å². The summed E-state index contributed by atoms with van der Waals surface area (Å²) in [7, 11) is -3.57. The number of benzene rings is 2. The van der Waals surface area contributed by atoms with Crippen LogP contribution in [0.2, 0.25) is 0 Å². The summed E-state index contributed by atoms with van der Waals surface area (Å²) < 4.78 is 69.3. The van der Waals surface area contributed by atoms with Gasteiger partial charge in [0.25, 0.3) is 5.91 Å². The zero-order valence-corrected chi connectivity index (χ0v) is 19.0. The van der Waals surface area contributed by atoms with Crippen LogP contribution in [0.25, 0.3) is 0 Å². The van der Waals surface area contributed by atoms with Crippen molar-refractivity contribution in [2.24, 2.45) is 0 Å². The van der Waals surface area contributed by atoms with Gasteiger partial charge in [-0.2, -0.15) is 17.5 Å². The summed E-state index contributed by atoms with van der Waals surface area (Å²) in [5, 5.41) is 2.25. The van der Waals surface area contributed by atoms with E-state index in [-0.39, 0.29) is 23.4 Å². The summed E-state index contributed by atoms with van der Waals surface area (Å²) in [6.07, 6.45) is -4.33. The van der Waals surface area contributed by atoms with E-state index in [1.165, 1.54) is 22.5 Å². The minimum atomic E-state index is -4.54. The maximum absolute atomic E-state index is 12.7. The van der Waals surface area contributed by atoms with Crippen molar-refractivity contribution < 1.29 is 35.9 Å². The first-order valence-corrected chi connectivity index (χ1v) is 11.6. The van der Waals surface area contributed by atoms with E-state index in [9.17, 15) is 31.2 Å². The molecule has 1 amide bonds. The molecule has 0 aromatic heterocycles. The highest BCUT2D eigenvalue weighted by molar-refractivity contribution is 7.89. The molecule has 0 aliphatic carbocycles. The standard InChI is InChI=1S/C22H25F3N2O5S/c1-3-27(4-2)33(30,31)19-11-8-16(9-12-19)10-13-21(29)32-15-20(28)26-18-7-5-6-17(14-18)22(23,24)25/h5-9,11-12,14H,3-4,10,13,15H2,1-2H3,(H,26,28). The van der Waals surface area contributed by atoms with Gasteiger partial charge >= 0.3 is 12.1 Å². The summed E-state index contributed by atoms with van der Waals surface area (Å²) in [5.74, 6) is -1.44. The highest BCUT2D eigenvalue weighted by Gasteiger charge is 2.30. The quantitative estimate of drug-likeness (QED) is 0.515. The SMILES string of the molecule is CCN(CC)S(=O)(=O)c1ccc(CCC(=O)OCC(=O)Nc2cccc(C(F)(F)F)c2)cc1. The van der Waals surface area contributed by atoms with Crippen LogP contribution < -0.4 is 5.32 Å². The van der Waals surface area contributed by atoms with Crippen molar-refractivity contribution in [3.63, 3.8) is 0 Å². The van der Waals surface area contributed by atoms with Gasteiger partial charge in [0.1, 0.15) is 0 Å². The van der Waals surface area contributed by atoms with Crippen LogP contribution in [0.3, 0.4) is 0 Å². The molecule has 11 heteroatoms. The van der Waals surface area contributed by atoms with Crippen molar-refractivity contribution in [1.82, 2.24) is 4.31 Å². The summed E-state index contributed by atoms with van der Waals surface area (Å²) in [4.78, 5) is 23.9. The summed E-state index contributed by atoms with van der Waals surface area (Å²) >= 11 is 0. The lowest BCUT2D eigenvalue weighted by atomic mass is 10.1. The monoisotopic (exact) mass is 486 g/mol. The van der Waals surface area contributed by atoms with Crippen LogP contribution in [0.15, 0.2) is 53.4 Å². The molecule has 0 saturated carbocycles. The Labute approximate surface area is 190 Å². The first kappa shape index (κ1) is 26.3. The number of alkyl halides is 3. The zero-order chi connectivity index (χ0) is 24.6. The zero-order valence-electron chi connectivity index (χ0n) is 18.2. The second kappa shape index (κ2) is 11.3. The fourth-order valence-electron chi connectivity index (χ4n) is 2.98. The molecule has 0 bridgehead atoms. The van der Waals surface area contributed by atoms with Gasteiger partial charge in [0, 0.05) is 25.2 Å². The van der Waals surface area contributed by atoms with Crippen molar-refractivity contribution >= 4 is 27.6 Å². The number of ether oxygens (including phenoxy) is 1. The van der Waals surface area contributed by atoms with E-state index in [4.69, 9.17) is 4.74 Å². The number of halogens is 3. The molecule has 2 aromatic carbocycles. The Kier molecular flexibility index (Phi) is 9.00. The molecule has 7 nitrogen and oxygen atoms in total. The van der Waals surface area contributed by atoms with Crippen molar-refractivity contribution in [1.29, 1.82) is 0 Å². The van der Waals surface area contributed by atoms with E-state index in [2.05, 4.69) is 5.32 Å². The predicted molar refractivity (Wildman–Crippen MR) is 116 cm³/mol. The molecule has 33 heavy (non-hydrogen) atoms. The molecular weight excluding hydrogens is 461 g/mol. The number of carbonyl (C=O) groups is 2. The number of amides is 1. The van der Waals surface area contributed by atoms with Crippen molar-refractivity contribution in [2.45, 2.75) is 37.8 Å². The number of esters is 1. The van der Waals surface area contributed by atoms with Crippen LogP contribution in [0.1, 0.15) is 31.4 Å². The van der Waals surface area contributed by atoms with Crippen LogP contribution in [0.5, 0.6) is 0 Å². The maximum atomic E-state index is 12.7. The molecule has 0 spiro atoms. The molecule has 0 atom stereocenters. The number of rotatable bonds is 10. The number of nitrogens with one attached hydrogen (secondary N) is 1. The largest absolute Gasteiger partial charge is 0.456 e. The minimum absolute atomic E-state index is 0.0566. The number of aryl methyl sites for hydroxylation is 1. The molecule has 0 unspecified atom stereocenters. The van der Waals surface area contributed by atoms with Gasteiger partial charge in [-0.25, -0.2) is 8.42 Å². The minimum Gasteiger partial charge on any atom is -0.456 e. The van der Waals surface area contributed by atoms with E-state index in [0.717, 1.165) is 18.2 Å². The van der Waals surface area contributed by atoms with Gasteiger partial charge < -0.3 is 10.1 Å². The first-order chi connectivity index (χ1) is 15.5. The Morgan fingerprint density at radius 2 is 1.67 bits per heavy atom. The van der Waals surface area contributed by atoms with Crippen LogP contribution in [-0.2, 0) is 36.9 Å². The van der Waals surface area contributed by atoms with E-state index >= 15 is 0 Å². The van der Waals surface area contributed by atoms with E-state index in [1.54, 1.807) is 26.0 Å². The number of hydrogen-bond acceptors (Lipinski definition) is 5. The summed E-state index contributed by atoms with van der Waals surface area (Å²) in [6, 6.07) is 10.2. The van der Waals surface area contributed by atoms with Gasteiger partial charge in [-0.05, 0) is 42.3 Å². The molecule has 2 aromatic rings. The van der Waals surface area contributed by atoms with Gasteiger partial charge in [-0.15, -0.1) is 0 Å². The van der Waals surface area contributed by atoms with Gasteiger partial charge in [0.15, 0.2) is 6.61 Å². The lowest BCUT2D eigenvalue weighted by molar-refractivity contribution is -0.147. The Morgan fingerprint density at radius 1 is 1.03 bits per heavy atom. The maximum Gasteiger partial charge on any atom is 0.416 e. The van der Waals surface area contributed by atoms with Crippen molar-refractivity contribution in [3.05, 3.63) is 59.7 Å². The molecule has 0 aliphatic heterocycles. The lowest BCUT2D eigenvalue weighted by Crippen LogP contribution is -2.30. The third-order valence-electron chi connectivity index (χ3n) is 4.72. The average molecular weight is 487 g/mol. The number of hydrogen-bond donors (Lipinski definition) is 1. The molecular formula is C22H25F3N2O5S. The smallest absolute Gasteiger partial charge is 0.416 e. The third-order valence-corrected chi connectivity index (χ3v) is 6.79. The molecule has 0 heterocycles. The molecule has 1 N–H and O–H groups in total. The molecule has 0 radical (unpaired) electrons. The number of nitrogens with zero attached hydrogens (tertiary/aromatic N) is 1. The van der Waals surface area contributed by atoms with Gasteiger partial charge in [-0.1, -0.05) is 32.0 Å². The van der Waals surface area contributed by atoms with Gasteiger partial charge in [-0.3, -0.25) is 9.59 Å². The van der Waals surface area contributed by atoms with Gasteiger partial charge in [0.05, 0.1) is 10.5 Å². The normalized spacial score (nSPS) is 11.9. The fraction of sp³-hybridized carbons (Fsp3) is 0.364. The van der Waals surface area contributed by atoms with Gasteiger partial charge in [0.2, 0.25) is 10.0 Å². The molecule has 0 saturated heterocycles. The summed E-state index contributed by atoms with van der Waals surface area (Å²) in [5.41, 5.74) is -0.266. The number of sulfonamides is 1. The Morgan fingerprint density at radius 3 is 2.24 bits per heavy atom. The van der Waals surface area contributed by atoms with Crippen LogP contribution in [0, 0.1) is 0 Å². The van der Waals surface area contributed by atoms with E-state index in [1.807, 2.05) is 0 Å². The third kappa shape index (κ3) is 7.57. The molecule has 0 fully saturated rings. The Hall–Kier alpha value is -2.92. The van der Waals surface area contributed by atoms with Crippen LogP contribution >= 0.6 is 0 Å². The highest BCUT2D eigenvalue weighted by atomic mass is 32.2. The highest BCUT2D eigenvalue weighted by Crippen LogP contribution is 2.30. The first-order valence-electron chi connectivity index (χ1n) is 10.2. The average Bonchev–Trinajstić information content (AvgIpc) is 2.77. The summed E-state index contributed by atoms with van der Waals surface area (Å²) in [6.45, 7) is 3.57. The second-order valence-electron chi connectivity index (χ2n) is 7.02. The van der Waals surface area contributed by atoms with Crippen molar-refractivity contribution in [3.8, 4) is 0 Å². The lowest BCUT2D eigenvalue weighted by Gasteiger charge is -2.18. The van der Waals surface area contributed by atoms with E-state index in [0.29, 0.717) is 18.7 Å². The second-order valence-corrected chi connectivity index (χ2v) is 8.96. The number of anilines is 1.